The molecule has 0 saturated heterocycles. The van der Waals surface area contributed by atoms with Crippen LogP contribution in [0.3, 0.4) is 0 Å². The van der Waals surface area contributed by atoms with Crippen LogP contribution in [0.4, 0.5) is 0 Å². The Labute approximate surface area is 140 Å². The number of rotatable bonds is 5. The largest absolute Gasteiger partial charge is 0.425 e. The second-order valence-electron chi connectivity index (χ2n) is 5.56. The Bertz CT molecular complexity index is 830. The summed E-state index contributed by atoms with van der Waals surface area (Å²) < 4.78 is 5.27. The van der Waals surface area contributed by atoms with Gasteiger partial charge in [0.25, 0.3) is 0 Å². The highest BCUT2D eigenvalue weighted by Gasteiger charge is 2.19. The van der Waals surface area contributed by atoms with E-state index in [0.717, 1.165) is 16.8 Å². The number of carbonyl (C=O) groups is 1. The smallest absolute Gasteiger partial charge is 0.230 e. The molecule has 2 heterocycles. The third-order valence-corrected chi connectivity index (χ3v) is 3.54. The molecule has 3 rings (SSSR count). The second-order valence-corrected chi connectivity index (χ2v) is 5.56. The molecular formula is C18H18N4O2. The minimum Gasteiger partial charge on any atom is -0.425 e. The van der Waals surface area contributed by atoms with Crippen molar-refractivity contribution in [2.24, 2.45) is 0 Å². The molecule has 1 amide bonds. The van der Waals surface area contributed by atoms with Gasteiger partial charge in [0.15, 0.2) is 0 Å². The Morgan fingerprint density at radius 1 is 1.17 bits per heavy atom. The fourth-order valence-corrected chi connectivity index (χ4v) is 2.48. The van der Waals surface area contributed by atoms with Gasteiger partial charge in [0.2, 0.25) is 17.7 Å². The van der Waals surface area contributed by atoms with Crippen molar-refractivity contribution < 1.29 is 9.21 Å². The van der Waals surface area contributed by atoms with Gasteiger partial charge in [0.1, 0.15) is 6.42 Å². The van der Waals surface area contributed by atoms with Crippen molar-refractivity contribution in [3.63, 3.8) is 0 Å². The van der Waals surface area contributed by atoms with Crippen LogP contribution in [-0.2, 0) is 11.2 Å². The van der Waals surface area contributed by atoms with Crippen molar-refractivity contribution in [1.82, 2.24) is 20.5 Å². The molecule has 0 spiro atoms. The molecule has 24 heavy (non-hydrogen) atoms. The lowest BCUT2D eigenvalue weighted by Gasteiger charge is -2.19. The molecular weight excluding hydrogens is 304 g/mol. The van der Waals surface area contributed by atoms with E-state index in [-0.39, 0.29) is 18.4 Å². The molecule has 3 aromatic rings. The van der Waals surface area contributed by atoms with Crippen molar-refractivity contribution >= 4 is 5.91 Å². The average Bonchev–Trinajstić information content (AvgIpc) is 2.98. The van der Waals surface area contributed by atoms with E-state index >= 15 is 0 Å². The lowest BCUT2D eigenvalue weighted by Crippen LogP contribution is -2.31. The monoisotopic (exact) mass is 322 g/mol. The number of hydrogen-bond acceptors (Lipinski definition) is 5. The molecule has 0 radical (unpaired) electrons. The Morgan fingerprint density at radius 2 is 2.04 bits per heavy atom. The van der Waals surface area contributed by atoms with Crippen LogP contribution in [0.25, 0.3) is 0 Å². The maximum Gasteiger partial charge on any atom is 0.230 e. The van der Waals surface area contributed by atoms with Gasteiger partial charge in [-0.3, -0.25) is 9.78 Å². The minimum atomic E-state index is -0.331. The van der Waals surface area contributed by atoms with Crippen molar-refractivity contribution in [2.75, 3.05) is 0 Å². The molecule has 0 aliphatic carbocycles. The number of aryl methyl sites for hydroxylation is 2. The standard InChI is InChI=1S/C18H18N4O2/c1-12-6-5-7-14(10-12)18(15-8-3-4-9-19-15)20-16(23)11-17-22-21-13(2)24-17/h3-10,18H,11H2,1-2H3,(H,20,23)/t18-/m0/s1. The van der Waals surface area contributed by atoms with E-state index < -0.39 is 0 Å². The summed E-state index contributed by atoms with van der Waals surface area (Å²) in [7, 11) is 0. The van der Waals surface area contributed by atoms with E-state index in [2.05, 4.69) is 20.5 Å². The minimum absolute atomic E-state index is 0.0377. The van der Waals surface area contributed by atoms with Gasteiger partial charge in [0, 0.05) is 13.1 Å². The van der Waals surface area contributed by atoms with Gasteiger partial charge < -0.3 is 9.73 Å². The van der Waals surface area contributed by atoms with E-state index in [1.165, 1.54) is 0 Å². The van der Waals surface area contributed by atoms with Gasteiger partial charge in [-0.05, 0) is 24.6 Å². The maximum atomic E-state index is 12.4. The van der Waals surface area contributed by atoms with Crippen LogP contribution in [0.1, 0.15) is 34.6 Å². The fraction of sp³-hybridized carbons (Fsp3) is 0.222. The van der Waals surface area contributed by atoms with Gasteiger partial charge in [-0.2, -0.15) is 0 Å². The van der Waals surface area contributed by atoms with Crippen molar-refractivity contribution in [2.45, 2.75) is 26.3 Å². The van der Waals surface area contributed by atoms with Gasteiger partial charge in [-0.1, -0.05) is 35.9 Å². The molecule has 122 valence electrons. The highest BCUT2D eigenvalue weighted by Crippen LogP contribution is 2.21. The number of carbonyl (C=O) groups excluding carboxylic acids is 1. The van der Waals surface area contributed by atoms with Crippen molar-refractivity contribution in [1.29, 1.82) is 0 Å². The molecule has 0 saturated carbocycles. The van der Waals surface area contributed by atoms with E-state index in [4.69, 9.17) is 4.42 Å². The Kier molecular flexibility index (Phi) is 4.65. The summed E-state index contributed by atoms with van der Waals surface area (Å²) in [6, 6.07) is 13.3. The van der Waals surface area contributed by atoms with Crippen LogP contribution in [0.5, 0.6) is 0 Å². The molecule has 6 nitrogen and oxygen atoms in total. The van der Waals surface area contributed by atoms with Crippen LogP contribution in [-0.4, -0.2) is 21.1 Å². The summed E-state index contributed by atoms with van der Waals surface area (Å²) in [4.78, 5) is 16.8. The highest BCUT2D eigenvalue weighted by molar-refractivity contribution is 5.78. The number of pyridine rings is 1. The summed E-state index contributed by atoms with van der Waals surface area (Å²) in [5, 5.41) is 10.6. The normalized spacial score (nSPS) is 11.9. The molecule has 0 aliphatic heterocycles. The van der Waals surface area contributed by atoms with Gasteiger partial charge in [-0.25, -0.2) is 0 Å². The lowest BCUT2D eigenvalue weighted by molar-refractivity contribution is -0.121. The van der Waals surface area contributed by atoms with Gasteiger partial charge in [-0.15, -0.1) is 10.2 Å². The first-order valence-electron chi connectivity index (χ1n) is 7.67. The first-order chi connectivity index (χ1) is 11.6. The molecule has 0 aliphatic rings. The van der Waals surface area contributed by atoms with Crippen LogP contribution in [0.15, 0.2) is 53.1 Å². The number of aromatic nitrogens is 3. The first kappa shape index (κ1) is 15.9. The summed E-state index contributed by atoms with van der Waals surface area (Å²) >= 11 is 0. The summed E-state index contributed by atoms with van der Waals surface area (Å²) in [6.07, 6.45) is 1.75. The predicted molar refractivity (Wildman–Crippen MR) is 88.1 cm³/mol. The molecule has 1 aromatic carbocycles. The zero-order valence-electron chi connectivity index (χ0n) is 13.6. The maximum absolute atomic E-state index is 12.4. The molecule has 1 atom stereocenters. The average molecular weight is 322 g/mol. The highest BCUT2D eigenvalue weighted by atomic mass is 16.4. The number of amides is 1. The Balaban J connectivity index is 1.83. The van der Waals surface area contributed by atoms with E-state index in [1.807, 2.05) is 49.4 Å². The number of nitrogens with one attached hydrogen (secondary N) is 1. The van der Waals surface area contributed by atoms with Crippen LogP contribution in [0, 0.1) is 13.8 Å². The van der Waals surface area contributed by atoms with E-state index in [0.29, 0.717) is 11.8 Å². The van der Waals surface area contributed by atoms with Crippen LogP contribution < -0.4 is 5.32 Å². The summed E-state index contributed by atoms with van der Waals surface area (Å²) in [6.45, 7) is 3.71. The van der Waals surface area contributed by atoms with E-state index in [1.54, 1.807) is 13.1 Å². The molecule has 6 heteroatoms. The van der Waals surface area contributed by atoms with Gasteiger partial charge >= 0.3 is 0 Å². The van der Waals surface area contributed by atoms with Crippen LogP contribution >= 0.6 is 0 Å². The lowest BCUT2D eigenvalue weighted by atomic mass is 10.0. The molecule has 0 bridgehead atoms. The quantitative estimate of drug-likeness (QED) is 0.780. The molecule has 0 unspecified atom stereocenters. The molecule has 1 N–H and O–H groups in total. The molecule has 2 aromatic heterocycles. The van der Waals surface area contributed by atoms with E-state index in [9.17, 15) is 4.79 Å². The zero-order chi connectivity index (χ0) is 16.9. The summed E-state index contributed by atoms with van der Waals surface area (Å²) in [5.74, 6) is 0.544. The second kappa shape index (κ2) is 7.04. The zero-order valence-corrected chi connectivity index (χ0v) is 13.6. The first-order valence-corrected chi connectivity index (χ1v) is 7.67. The third-order valence-electron chi connectivity index (χ3n) is 3.54. The number of hydrogen-bond donors (Lipinski definition) is 1. The van der Waals surface area contributed by atoms with Gasteiger partial charge in [0.05, 0.1) is 11.7 Å². The topological polar surface area (TPSA) is 80.9 Å². The van der Waals surface area contributed by atoms with Crippen molar-refractivity contribution in [3.8, 4) is 0 Å². The number of benzene rings is 1. The fourth-order valence-electron chi connectivity index (χ4n) is 2.48. The van der Waals surface area contributed by atoms with Crippen LogP contribution in [0.2, 0.25) is 0 Å². The van der Waals surface area contributed by atoms with Crippen molar-refractivity contribution in [3.05, 3.63) is 77.3 Å². The Hall–Kier alpha value is -3.02. The third kappa shape index (κ3) is 3.84. The number of nitrogens with zero attached hydrogens (tertiary/aromatic N) is 3. The predicted octanol–water partition coefficient (Wildman–Crippen LogP) is 2.53. The SMILES string of the molecule is Cc1cccc([C@H](NC(=O)Cc2nnc(C)o2)c2ccccn2)c1. The Morgan fingerprint density at radius 3 is 2.71 bits per heavy atom. The molecule has 0 fully saturated rings. The summed E-state index contributed by atoms with van der Waals surface area (Å²) in [5.41, 5.74) is 2.87.